The van der Waals surface area contributed by atoms with Crippen LogP contribution in [-0.4, -0.2) is 83.2 Å². The van der Waals surface area contributed by atoms with Crippen molar-refractivity contribution in [3.05, 3.63) is 12.5 Å². The van der Waals surface area contributed by atoms with Gasteiger partial charge in [-0.2, -0.15) is 0 Å². The molecule has 0 saturated carbocycles. The summed E-state index contributed by atoms with van der Waals surface area (Å²) in [7, 11) is -15.5. The van der Waals surface area contributed by atoms with E-state index in [1.165, 1.54) is 12.5 Å². The number of nitrogens with one attached hydrogen (secondary N) is 1. The van der Waals surface area contributed by atoms with Gasteiger partial charge in [0.05, 0.1) is 18.5 Å². The van der Waals surface area contributed by atoms with Gasteiger partial charge in [-0.15, -0.1) is 0 Å². The first kappa shape index (κ1) is 25.3. The van der Waals surface area contributed by atoms with Gasteiger partial charge in [0, 0.05) is 6.54 Å². The second kappa shape index (κ2) is 9.65. The summed E-state index contributed by atoms with van der Waals surface area (Å²) in [6.45, 7) is -0.914. The van der Waals surface area contributed by atoms with Crippen molar-refractivity contribution in [2.45, 2.75) is 24.4 Å². The Bertz CT molecular complexity index is 883. The van der Waals surface area contributed by atoms with Gasteiger partial charge in [-0.1, -0.05) is 0 Å². The predicted octanol–water partition coefficient (Wildman–Crippen LogP) is -1.59. The molecule has 1 aliphatic rings. The van der Waals surface area contributed by atoms with Crippen LogP contribution in [0, 0.1) is 0 Å². The summed E-state index contributed by atoms with van der Waals surface area (Å²) in [5.74, 6) is -1.57. The van der Waals surface area contributed by atoms with Crippen molar-refractivity contribution in [1.82, 2.24) is 9.97 Å². The van der Waals surface area contributed by atoms with Crippen LogP contribution in [0.5, 0.6) is 0 Å². The van der Waals surface area contributed by atoms with Crippen molar-refractivity contribution in [1.29, 1.82) is 0 Å². The van der Waals surface area contributed by atoms with Gasteiger partial charge >= 0.3 is 23.0 Å². The maximum absolute atomic E-state index is 11.8. The topological polar surface area (TPSA) is 264 Å². The Kier molecular flexibility index (Phi) is 8.13. The number of aliphatic hydroxyl groups excluding tert-OH is 2. The number of ether oxygens (including phenoxy) is 1. The molecule has 0 aliphatic carbocycles. The summed E-state index contributed by atoms with van der Waals surface area (Å²) in [6.07, 6.45) is -2.75. The second-order valence-corrected chi connectivity index (χ2v) is 11.8. The van der Waals surface area contributed by atoms with Crippen LogP contribution in [0.2, 0.25) is 0 Å². The fourth-order valence-electron chi connectivity index (χ4n) is 2.43. The van der Waals surface area contributed by atoms with Crippen LogP contribution < -0.4 is 11.1 Å². The number of hydrogen-bond donors (Lipinski definition) is 8. The maximum Gasteiger partial charge on any atom is 0.479 e. The molecule has 2 heterocycles. The zero-order valence-electron chi connectivity index (χ0n) is 15.0. The molecule has 1 fully saturated rings. The monoisotopic (exact) mass is 494 g/mol. The molecule has 0 radical (unpaired) electrons. The highest BCUT2D eigenvalue weighted by molar-refractivity contribution is 7.73. The molecule has 2 rings (SSSR count). The first-order valence-electron chi connectivity index (χ1n) is 8.05. The Morgan fingerprint density at radius 1 is 1.13 bits per heavy atom. The summed E-state index contributed by atoms with van der Waals surface area (Å²) in [6, 6.07) is 0. The maximum atomic E-state index is 11.8. The van der Waals surface area contributed by atoms with Crippen molar-refractivity contribution in [3.63, 3.8) is 0 Å². The zero-order valence-corrected chi connectivity index (χ0v) is 17.7. The van der Waals surface area contributed by atoms with Gasteiger partial charge in [0.2, 0.25) is 0 Å². The third kappa shape index (κ3) is 7.61. The van der Waals surface area contributed by atoms with E-state index in [-0.39, 0.29) is 12.4 Å². The Balaban J connectivity index is 1.90. The van der Waals surface area contributed by atoms with Crippen molar-refractivity contribution >= 4 is 34.5 Å². The molecule has 2 unspecified atom stereocenters. The number of aliphatic hydroxyl groups is 2. The Morgan fingerprint density at radius 3 is 2.37 bits per heavy atom. The lowest BCUT2D eigenvalue weighted by molar-refractivity contribution is -0.0176. The highest BCUT2D eigenvalue weighted by Crippen LogP contribution is 2.65. The molecule has 1 saturated heterocycles. The molecule has 1 aromatic heterocycles. The molecular weight excluding hydrogens is 473 g/mol. The van der Waals surface area contributed by atoms with Crippen LogP contribution in [0.3, 0.4) is 0 Å². The second-order valence-electron chi connectivity index (χ2n) is 6.19. The summed E-state index contributed by atoms with van der Waals surface area (Å²) < 4.78 is 47.8. The molecule has 9 N–H and O–H groups in total. The van der Waals surface area contributed by atoms with E-state index in [2.05, 4.69) is 24.1 Å². The molecule has 19 heteroatoms. The Labute approximate surface area is 169 Å². The van der Waals surface area contributed by atoms with Crippen LogP contribution in [-0.2, 0) is 27.3 Å². The van der Waals surface area contributed by atoms with Gasteiger partial charge in [-0.05, 0) is 0 Å². The van der Waals surface area contributed by atoms with E-state index in [0.717, 1.165) is 0 Å². The van der Waals surface area contributed by atoms with Crippen LogP contribution in [0.25, 0.3) is 0 Å². The summed E-state index contributed by atoms with van der Waals surface area (Å²) in [5.41, 5.74) is 5.96. The number of phosphoric acid groups is 1. The van der Waals surface area contributed by atoms with Gasteiger partial charge in [0.15, 0.2) is 5.90 Å². The number of phosphoric ester groups is 1. The summed E-state index contributed by atoms with van der Waals surface area (Å²) in [4.78, 5) is 43.7. The third-order valence-electron chi connectivity index (χ3n) is 3.69. The molecular formula is C11H21N4O12P3. The van der Waals surface area contributed by atoms with Crippen molar-refractivity contribution in [2.24, 2.45) is 0 Å². The van der Waals surface area contributed by atoms with E-state index < -0.39 is 59.9 Å². The number of anilines is 2. The van der Waals surface area contributed by atoms with E-state index in [0.29, 0.717) is 5.69 Å². The molecule has 0 spiro atoms. The normalized spacial score (nSPS) is 28.6. The van der Waals surface area contributed by atoms with Gasteiger partial charge in [-0.3, -0.25) is 13.7 Å². The van der Waals surface area contributed by atoms with Gasteiger partial charge in [0.25, 0.3) is 0 Å². The van der Waals surface area contributed by atoms with Gasteiger partial charge in [-0.25, -0.2) is 18.8 Å². The summed E-state index contributed by atoms with van der Waals surface area (Å²) in [5, 5.41) is 22.9. The Morgan fingerprint density at radius 2 is 1.77 bits per heavy atom. The van der Waals surface area contributed by atoms with E-state index in [1.54, 1.807) is 0 Å². The molecule has 0 aromatic carbocycles. The van der Waals surface area contributed by atoms with Crippen molar-refractivity contribution in [3.8, 4) is 0 Å². The van der Waals surface area contributed by atoms with Crippen LogP contribution >= 0.6 is 23.0 Å². The lowest BCUT2D eigenvalue weighted by Gasteiger charge is -2.19. The average Bonchev–Trinajstić information content (AvgIpc) is 2.84. The molecule has 0 amide bonds. The largest absolute Gasteiger partial charge is 0.479 e. The number of aromatic nitrogens is 2. The fourth-order valence-corrected chi connectivity index (χ4v) is 6.78. The highest BCUT2D eigenvalue weighted by atomic mass is 31.3. The van der Waals surface area contributed by atoms with E-state index in [9.17, 15) is 33.7 Å². The van der Waals surface area contributed by atoms with Crippen molar-refractivity contribution in [2.75, 3.05) is 30.1 Å². The highest BCUT2D eigenvalue weighted by Gasteiger charge is 2.45. The van der Waals surface area contributed by atoms with E-state index in [4.69, 9.17) is 20.3 Å². The predicted molar refractivity (Wildman–Crippen MR) is 99.2 cm³/mol. The van der Waals surface area contributed by atoms with Crippen LogP contribution in [0.1, 0.15) is 0 Å². The average molecular weight is 494 g/mol. The quantitative estimate of drug-likeness (QED) is 0.170. The smallest absolute Gasteiger partial charge is 0.388 e. The van der Waals surface area contributed by atoms with Gasteiger partial charge in [0.1, 0.15) is 36.6 Å². The first-order valence-corrected chi connectivity index (χ1v) is 13.1. The first-order chi connectivity index (χ1) is 13.7. The van der Waals surface area contributed by atoms with E-state index in [1.807, 2.05) is 0 Å². The molecule has 1 aliphatic heterocycles. The van der Waals surface area contributed by atoms with Crippen LogP contribution in [0.4, 0.5) is 11.5 Å². The molecule has 172 valence electrons. The number of rotatable bonds is 10. The molecule has 6 atom stereocenters. The molecule has 1 aromatic rings. The van der Waals surface area contributed by atoms with Gasteiger partial charge < -0.3 is 45.6 Å². The minimum atomic E-state index is -5.27. The molecule has 30 heavy (non-hydrogen) atoms. The minimum Gasteiger partial charge on any atom is -0.388 e. The SMILES string of the molecule is Nc1ncncc1NC[C@@H]1O[C@H](COP(=O)(O)OP(=O)(O)CP(=O)(O)O)[C@@H](O)[C@H]1O. The number of nitrogens with zero attached hydrogens (tertiary/aromatic N) is 2. The number of nitrogens with two attached hydrogens (primary N) is 1. The zero-order chi connectivity index (χ0) is 22.7. The summed E-state index contributed by atoms with van der Waals surface area (Å²) >= 11 is 0. The minimum absolute atomic E-state index is 0.0618. The standard InChI is InChI=1S/C11H21N4O12P3/c12-11-6(1-13-4-15-11)14-2-7-9(16)10(17)8(26-7)3-25-30(23,24)27-29(21,22)5-28(18,19)20/h1,4,7-10,14,16-17H,2-3,5H2,(H,21,22)(H,23,24)(H2,12,13,15)(H2,18,19,20)/t7-,8+,9-,10+/m0/s1. The van der Waals surface area contributed by atoms with Crippen molar-refractivity contribution < 1.29 is 57.1 Å². The lowest BCUT2D eigenvalue weighted by atomic mass is 10.1. The Hall–Kier alpha value is -0.990. The lowest BCUT2D eigenvalue weighted by Crippen LogP contribution is -2.36. The fraction of sp³-hybridized carbons (Fsp3) is 0.636. The number of hydrogen-bond acceptors (Lipinski definition) is 12. The third-order valence-corrected chi connectivity index (χ3v) is 8.92. The van der Waals surface area contributed by atoms with Crippen LogP contribution in [0.15, 0.2) is 12.5 Å². The molecule has 16 nitrogen and oxygen atoms in total. The molecule has 0 bridgehead atoms. The van der Waals surface area contributed by atoms with E-state index >= 15 is 0 Å². The number of nitrogen functional groups attached to an aromatic ring is 1.